The molecule has 6 nitrogen and oxygen atoms in total. The number of carbonyl (C=O) groups excluding carboxylic acids is 1. The minimum atomic E-state index is -4.69. The van der Waals surface area contributed by atoms with Crippen LogP contribution in [0.5, 0.6) is 0 Å². The fourth-order valence-corrected chi connectivity index (χ4v) is 2.97. The van der Waals surface area contributed by atoms with E-state index in [4.69, 9.17) is 0 Å². The molecule has 146 valence electrons. The highest BCUT2D eigenvalue weighted by molar-refractivity contribution is 6.03. The molecule has 0 aliphatic carbocycles. The molecule has 0 radical (unpaired) electrons. The van der Waals surface area contributed by atoms with Gasteiger partial charge in [-0.1, -0.05) is 25.1 Å². The molecule has 1 aromatic heterocycles. The third-order valence-electron chi connectivity index (χ3n) is 4.45. The summed E-state index contributed by atoms with van der Waals surface area (Å²) in [6, 6.07) is 9.10. The molecule has 1 N–H and O–H groups in total. The summed E-state index contributed by atoms with van der Waals surface area (Å²) in [5, 5.41) is 15.0. The van der Waals surface area contributed by atoms with E-state index in [0.717, 1.165) is 11.6 Å². The Kier molecular flexibility index (Phi) is 4.84. The molecule has 3 aromatic rings. The van der Waals surface area contributed by atoms with Crippen molar-refractivity contribution in [3.63, 3.8) is 0 Å². The second-order valence-corrected chi connectivity index (χ2v) is 6.19. The first kappa shape index (κ1) is 19.4. The van der Waals surface area contributed by atoms with Crippen LogP contribution in [0.3, 0.4) is 0 Å². The smallest absolute Gasteiger partial charge is 0.416 e. The molecule has 0 aliphatic heterocycles. The lowest BCUT2D eigenvalue weighted by Crippen LogP contribution is -2.33. The van der Waals surface area contributed by atoms with E-state index in [1.54, 1.807) is 24.3 Å². The molecule has 0 bridgehead atoms. The second kappa shape index (κ2) is 6.99. The number of hydrogen-bond donors (Lipinski definition) is 1. The molecule has 0 saturated heterocycles. The monoisotopic (exact) mass is 391 g/mol. The third kappa shape index (κ3) is 3.30. The standard InChI is InChI=1S/C19H16F3N3O3/c1-3-12-6-4-5-7-14(12)23-18(26)17-11(2)24(27)15-9-8-13(19(20,21)22)10-16(15)25(17)28/h4-10H,3H2,1-2H3,(H,23,26). The van der Waals surface area contributed by atoms with Crippen LogP contribution in [0.25, 0.3) is 11.0 Å². The number of hydrogen-bond acceptors (Lipinski definition) is 3. The predicted octanol–water partition coefficient (Wildman–Crippen LogP) is 4.04. The molecule has 9 heteroatoms. The highest BCUT2D eigenvalue weighted by Crippen LogP contribution is 2.31. The number of alkyl halides is 3. The van der Waals surface area contributed by atoms with Crippen LogP contribution in [0.15, 0.2) is 42.5 Å². The Hall–Kier alpha value is -3.36. The van der Waals surface area contributed by atoms with Gasteiger partial charge in [-0.3, -0.25) is 4.79 Å². The van der Waals surface area contributed by atoms with Crippen molar-refractivity contribution in [3.8, 4) is 0 Å². The number of amides is 1. The zero-order valence-corrected chi connectivity index (χ0v) is 15.0. The van der Waals surface area contributed by atoms with Crippen LogP contribution in [-0.4, -0.2) is 10.6 Å². The van der Waals surface area contributed by atoms with Crippen molar-refractivity contribution in [2.75, 3.05) is 5.32 Å². The Morgan fingerprint density at radius 2 is 1.89 bits per heavy atom. The Morgan fingerprint density at radius 3 is 2.54 bits per heavy atom. The maximum absolute atomic E-state index is 13.0. The number of nitrogens with zero attached hydrogens (tertiary/aromatic N) is 2. The highest BCUT2D eigenvalue weighted by Gasteiger charge is 2.34. The summed E-state index contributed by atoms with van der Waals surface area (Å²) in [7, 11) is 0. The van der Waals surface area contributed by atoms with Crippen molar-refractivity contribution >= 4 is 22.6 Å². The van der Waals surface area contributed by atoms with Gasteiger partial charge in [0.15, 0.2) is 0 Å². The number of anilines is 1. The van der Waals surface area contributed by atoms with Crippen molar-refractivity contribution in [1.29, 1.82) is 0 Å². The van der Waals surface area contributed by atoms with Gasteiger partial charge < -0.3 is 15.3 Å². The lowest BCUT2D eigenvalue weighted by atomic mass is 10.1. The van der Waals surface area contributed by atoms with Crippen molar-refractivity contribution in [2.45, 2.75) is 26.4 Å². The summed E-state index contributed by atoms with van der Waals surface area (Å²) >= 11 is 0. The van der Waals surface area contributed by atoms with Crippen molar-refractivity contribution in [3.05, 3.63) is 75.1 Å². The quantitative estimate of drug-likeness (QED) is 0.684. The van der Waals surface area contributed by atoms with E-state index in [1.165, 1.54) is 6.92 Å². The number of para-hydroxylation sites is 1. The van der Waals surface area contributed by atoms with E-state index >= 15 is 0 Å². The molecule has 0 unspecified atom stereocenters. The van der Waals surface area contributed by atoms with Crippen molar-refractivity contribution < 1.29 is 22.4 Å². The normalized spacial score (nSPS) is 11.6. The maximum atomic E-state index is 13.0. The Bertz CT molecular complexity index is 1140. The molecular weight excluding hydrogens is 375 g/mol. The molecule has 0 atom stereocenters. The van der Waals surface area contributed by atoms with Gasteiger partial charge >= 0.3 is 17.8 Å². The van der Waals surface area contributed by atoms with Gasteiger partial charge in [-0.05, 0) is 37.1 Å². The number of halogens is 3. The molecule has 1 amide bonds. The highest BCUT2D eigenvalue weighted by atomic mass is 19.4. The lowest BCUT2D eigenvalue weighted by molar-refractivity contribution is -0.468. The Balaban J connectivity index is 2.17. The number of carbonyl (C=O) groups is 1. The molecule has 0 fully saturated rings. The Morgan fingerprint density at radius 1 is 1.21 bits per heavy atom. The third-order valence-corrected chi connectivity index (χ3v) is 4.45. The van der Waals surface area contributed by atoms with Gasteiger partial charge in [0.05, 0.1) is 15.7 Å². The summed E-state index contributed by atoms with van der Waals surface area (Å²) in [5.41, 5.74) is -1.40. The molecular formula is C19H16F3N3O3. The first-order chi connectivity index (χ1) is 13.1. The van der Waals surface area contributed by atoms with Gasteiger partial charge in [0, 0.05) is 16.7 Å². The van der Waals surface area contributed by atoms with Crippen molar-refractivity contribution in [2.24, 2.45) is 0 Å². The van der Waals surface area contributed by atoms with Gasteiger partial charge in [0.25, 0.3) is 5.52 Å². The number of nitrogens with one attached hydrogen (secondary N) is 1. The second-order valence-electron chi connectivity index (χ2n) is 6.19. The summed E-state index contributed by atoms with van der Waals surface area (Å²) < 4.78 is 39.3. The number of fused-ring (bicyclic) bond motifs is 1. The van der Waals surface area contributed by atoms with Crippen LogP contribution in [0, 0.1) is 17.0 Å². The molecule has 3 rings (SSSR count). The van der Waals surface area contributed by atoms with Crippen LogP contribution in [0.2, 0.25) is 0 Å². The fraction of sp³-hybridized carbons (Fsp3) is 0.211. The predicted molar refractivity (Wildman–Crippen MR) is 97.6 cm³/mol. The van der Waals surface area contributed by atoms with E-state index in [0.29, 0.717) is 24.2 Å². The summed E-state index contributed by atoms with van der Waals surface area (Å²) in [5.74, 6) is -0.877. The first-order valence-corrected chi connectivity index (χ1v) is 8.41. The number of rotatable bonds is 3. The van der Waals surface area contributed by atoms with Gasteiger partial charge in [0.1, 0.15) is 5.52 Å². The van der Waals surface area contributed by atoms with E-state index in [2.05, 4.69) is 5.32 Å². The maximum Gasteiger partial charge on any atom is 0.416 e. The first-order valence-electron chi connectivity index (χ1n) is 8.41. The van der Waals surface area contributed by atoms with Crippen LogP contribution in [0.4, 0.5) is 18.9 Å². The average Bonchev–Trinajstić information content (AvgIpc) is 2.65. The number of benzene rings is 2. The molecule has 28 heavy (non-hydrogen) atoms. The van der Waals surface area contributed by atoms with Crippen LogP contribution in [-0.2, 0) is 12.6 Å². The minimum absolute atomic E-state index is 0.0677. The summed E-state index contributed by atoms with van der Waals surface area (Å²) in [6.45, 7) is 3.14. The van der Waals surface area contributed by atoms with E-state index in [-0.39, 0.29) is 20.4 Å². The van der Waals surface area contributed by atoms with Gasteiger partial charge in [0.2, 0.25) is 0 Å². The summed E-state index contributed by atoms with van der Waals surface area (Å²) in [6.07, 6.45) is -4.08. The van der Waals surface area contributed by atoms with Crippen LogP contribution >= 0.6 is 0 Å². The minimum Gasteiger partial charge on any atom is -0.805 e. The molecule has 0 saturated carbocycles. The Labute approximate surface area is 157 Å². The fourth-order valence-electron chi connectivity index (χ4n) is 2.97. The topological polar surface area (TPSA) is 80.1 Å². The van der Waals surface area contributed by atoms with Gasteiger partial charge in [-0.2, -0.15) is 13.2 Å². The summed E-state index contributed by atoms with van der Waals surface area (Å²) in [4.78, 5) is 25.4. The molecule has 0 aliphatic rings. The zero-order valence-electron chi connectivity index (χ0n) is 15.0. The van der Waals surface area contributed by atoms with Gasteiger partial charge in [-0.25, -0.2) is 0 Å². The largest absolute Gasteiger partial charge is 0.805 e. The number of aromatic nitrogens is 2. The van der Waals surface area contributed by atoms with E-state index in [1.807, 2.05) is 6.92 Å². The average molecular weight is 391 g/mol. The number of aryl methyl sites for hydroxylation is 1. The van der Waals surface area contributed by atoms with Gasteiger partial charge in [-0.15, -0.1) is 0 Å². The molecule has 1 heterocycles. The van der Waals surface area contributed by atoms with Crippen LogP contribution in [0.1, 0.15) is 34.2 Å². The molecule has 2 aromatic carbocycles. The SMILES string of the molecule is CCc1ccccc1NC(=O)c1c(C)n([O-])c2ccc(C(F)(F)F)cc2[n+]1=O. The van der Waals surface area contributed by atoms with Crippen molar-refractivity contribution in [1.82, 2.24) is 4.73 Å². The zero-order chi connectivity index (χ0) is 20.6. The lowest BCUT2D eigenvalue weighted by Gasteiger charge is -2.17. The van der Waals surface area contributed by atoms with E-state index in [9.17, 15) is 28.1 Å². The van der Waals surface area contributed by atoms with Crippen LogP contribution < -0.4 is 9.74 Å². The molecule has 0 spiro atoms. The van der Waals surface area contributed by atoms with E-state index < -0.39 is 28.9 Å².